The van der Waals surface area contributed by atoms with Gasteiger partial charge in [-0.1, -0.05) is 48.0 Å². The molecule has 2 aliphatic heterocycles. The first-order valence-corrected chi connectivity index (χ1v) is 14.0. The zero-order valence-corrected chi connectivity index (χ0v) is 23.1. The molecule has 208 valence electrons. The van der Waals surface area contributed by atoms with Crippen LogP contribution in [0.25, 0.3) is 0 Å². The summed E-state index contributed by atoms with van der Waals surface area (Å²) in [5, 5.41) is 9.35. The van der Waals surface area contributed by atoms with Gasteiger partial charge in [0.1, 0.15) is 0 Å². The predicted molar refractivity (Wildman–Crippen MR) is 162 cm³/mol. The van der Waals surface area contributed by atoms with Crippen molar-refractivity contribution < 1.29 is 9.59 Å². The highest BCUT2D eigenvalue weighted by Gasteiger charge is 2.35. The maximum Gasteiger partial charge on any atom is 0.323 e. The third-order valence-electron chi connectivity index (χ3n) is 7.73. The van der Waals surface area contributed by atoms with Crippen LogP contribution in [-0.2, 0) is 13.1 Å². The molecule has 3 N–H and O–H groups in total. The average Bonchev–Trinajstić information content (AvgIpc) is 2.98. The van der Waals surface area contributed by atoms with Crippen LogP contribution in [0.1, 0.15) is 34.0 Å². The van der Waals surface area contributed by atoms with Crippen LogP contribution in [0.4, 0.5) is 21.9 Å². The van der Waals surface area contributed by atoms with Crippen molar-refractivity contribution in [2.24, 2.45) is 5.92 Å². The normalized spacial score (nSPS) is 17.3. The zero-order chi connectivity index (χ0) is 28.3. The predicted octanol–water partition coefficient (Wildman–Crippen LogP) is 5.70. The highest BCUT2D eigenvalue weighted by atomic mass is 35.5. The van der Waals surface area contributed by atoms with Gasteiger partial charge in [-0.05, 0) is 66.4 Å². The molecule has 9 heteroatoms. The van der Waals surface area contributed by atoms with Gasteiger partial charge in [0.05, 0.1) is 11.4 Å². The second-order valence-corrected chi connectivity index (χ2v) is 11.0. The van der Waals surface area contributed by atoms with E-state index < -0.39 is 6.03 Å². The van der Waals surface area contributed by atoms with E-state index in [2.05, 4.69) is 20.9 Å². The summed E-state index contributed by atoms with van der Waals surface area (Å²) in [5.74, 6) is 0.261. The van der Waals surface area contributed by atoms with E-state index in [0.29, 0.717) is 47.5 Å². The number of anilines is 3. The SMILES string of the molecule is O=C(Nc1ccc(Cl)cc1)Nc1cc(C(=O)NCc2ccccc2)ccc1N1C[C@H]2C[C@@H](C1)c1cccc(=O)n1C2. The first-order valence-electron chi connectivity index (χ1n) is 13.7. The van der Waals surface area contributed by atoms with Gasteiger partial charge >= 0.3 is 6.03 Å². The molecule has 4 aromatic rings. The lowest BCUT2D eigenvalue weighted by molar-refractivity contribution is 0.0951. The minimum Gasteiger partial charge on any atom is -0.369 e. The lowest BCUT2D eigenvalue weighted by atomic mass is 9.83. The quantitative estimate of drug-likeness (QED) is 0.278. The van der Waals surface area contributed by atoms with Gasteiger partial charge in [0.2, 0.25) is 0 Å². The first-order chi connectivity index (χ1) is 19.9. The average molecular weight is 568 g/mol. The van der Waals surface area contributed by atoms with Crippen LogP contribution in [0, 0.1) is 5.92 Å². The number of piperidine rings is 1. The largest absolute Gasteiger partial charge is 0.369 e. The smallest absolute Gasteiger partial charge is 0.323 e. The molecule has 1 fully saturated rings. The fourth-order valence-electron chi connectivity index (χ4n) is 5.84. The minimum atomic E-state index is -0.426. The molecule has 3 amide bonds. The molecule has 1 aromatic heterocycles. The van der Waals surface area contributed by atoms with Gasteiger partial charge < -0.3 is 25.4 Å². The number of carbonyl (C=O) groups is 2. The molecule has 0 radical (unpaired) electrons. The van der Waals surface area contributed by atoms with Gasteiger partial charge in [0.15, 0.2) is 0 Å². The minimum absolute atomic E-state index is 0.0396. The van der Waals surface area contributed by atoms with Crippen LogP contribution in [0.2, 0.25) is 5.02 Å². The lowest BCUT2D eigenvalue weighted by Gasteiger charge is -2.44. The fraction of sp³-hybridized carbons (Fsp3) is 0.219. The molecule has 3 aromatic carbocycles. The second-order valence-electron chi connectivity index (χ2n) is 10.6. The fourth-order valence-corrected chi connectivity index (χ4v) is 5.97. The Bertz CT molecular complexity index is 1640. The number of benzene rings is 3. The van der Waals surface area contributed by atoms with Crippen molar-refractivity contribution in [1.82, 2.24) is 9.88 Å². The van der Waals surface area contributed by atoms with E-state index >= 15 is 0 Å². The molecule has 0 unspecified atom stereocenters. The Hall–Kier alpha value is -4.56. The van der Waals surface area contributed by atoms with Gasteiger partial charge in [-0.3, -0.25) is 9.59 Å². The molecule has 2 aliphatic rings. The number of amides is 3. The zero-order valence-electron chi connectivity index (χ0n) is 22.3. The van der Waals surface area contributed by atoms with E-state index in [1.165, 1.54) is 0 Å². The lowest BCUT2D eigenvalue weighted by Crippen LogP contribution is -2.47. The Morgan fingerprint density at radius 3 is 2.46 bits per heavy atom. The van der Waals surface area contributed by atoms with Crippen LogP contribution in [0.15, 0.2) is 95.8 Å². The molecule has 2 atom stereocenters. The van der Waals surface area contributed by atoms with Crippen LogP contribution in [0.5, 0.6) is 0 Å². The van der Waals surface area contributed by atoms with Crippen LogP contribution in [0.3, 0.4) is 0 Å². The van der Waals surface area contributed by atoms with Gasteiger partial charge in [-0.2, -0.15) is 0 Å². The molecule has 1 saturated heterocycles. The second kappa shape index (κ2) is 11.5. The third kappa shape index (κ3) is 5.98. The summed E-state index contributed by atoms with van der Waals surface area (Å²) >= 11 is 5.99. The monoisotopic (exact) mass is 567 g/mol. The number of urea groups is 1. The van der Waals surface area contributed by atoms with Crippen LogP contribution in [-0.4, -0.2) is 29.6 Å². The molecule has 8 nitrogen and oxygen atoms in total. The number of aromatic nitrogens is 1. The molecule has 6 rings (SSSR count). The molecule has 2 bridgehead atoms. The van der Waals surface area contributed by atoms with E-state index in [-0.39, 0.29) is 17.4 Å². The number of rotatable bonds is 6. The van der Waals surface area contributed by atoms with Crippen molar-refractivity contribution in [1.29, 1.82) is 0 Å². The Labute approximate surface area is 243 Å². The van der Waals surface area contributed by atoms with E-state index in [1.807, 2.05) is 53.1 Å². The topological polar surface area (TPSA) is 95.5 Å². The Kier molecular flexibility index (Phi) is 7.48. The van der Waals surface area contributed by atoms with E-state index in [4.69, 9.17) is 11.6 Å². The molecule has 3 heterocycles. The van der Waals surface area contributed by atoms with Crippen molar-refractivity contribution >= 4 is 40.6 Å². The summed E-state index contributed by atoms with van der Waals surface area (Å²) in [6, 6.07) is 27.0. The van der Waals surface area contributed by atoms with Crippen molar-refractivity contribution in [2.45, 2.75) is 25.4 Å². The molecule has 0 aliphatic carbocycles. The summed E-state index contributed by atoms with van der Waals surface area (Å²) in [7, 11) is 0. The summed E-state index contributed by atoms with van der Waals surface area (Å²) in [6.45, 7) is 2.51. The molecular formula is C32H30ClN5O3. The third-order valence-corrected chi connectivity index (χ3v) is 7.98. The van der Waals surface area contributed by atoms with E-state index in [0.717, 1.165) is 29.9 Å². The number of pyridine rings is 1. The van der Waals surface area contributed by atoms with Gasteiger partial charge in [-0.15, -0.1) is 0 Å². The standard InChI is InChI=1S/C32H30ClN5O3/c33-25-10-12-26(13-11-25)35-32(41)36-27-16-23(31(40)34-17-21-5-2-1-3-6-21)9-14-29(27)37-18-22-15-24(20-37)28-7-4-8-30(39)38(28)19-22/h1-14,16,22,24H,15,17-20H2,(H,34,40)(H2,35,36,41)/t22-,24+/m1/s1. The van der Waals surface area contributed by atoms with Crippen molar-refractivity contribution in [3.8, 4) is 0 Å². The molecule has 0 spiro atoms. The Morgan fingerprint density at radius 2 is 1.66 bits per heavy atom. The number of nitrogens with one attached hydrogen (secondary N) is 3. The van der Waals surface area contributed by atoms with E-state index in [9.17, 15) is 14.4 Å². The highest BCUT2D eigenvalue weighted by Crippen LogP contribution is 2.39. The number of nitrogens with zero attached hydrogens (tertiary/aromatic N) is 2. The Morgan fingerprint density at radius 1 is 0.854 bits per heavy atom. The number of carbonyl (C=O) groups excluding carboxylic acids is 2. The van der Waals surface area contributed by atoms with Crippen molar-refractivity contribution in [2.75, 3.05) is 28.6 Å². The number of halogens is 1. The summed E-state index contributed by atoms with van der Waals surface area (Å²) < 4.78 is 1.90. The summed E-state index contributed by atoms with van der Waals surface area (Å²) in [5.41, 5.74) is 4.49. The molecular weight excluding hydrogens is 538 g/mol. The van der Waals surface area contributed by atoms with Gasteiger partial charge in [0.25, 0.3) is 11.5 Å². The molecule has 0 saturated carbocycles. The highest BCUT2D eigenvalue weighted by molar-refractivity contribution is 6.30. The van der Waals surface area contributed by atoms with Crippen molar-refractivity contribution in [3.05, 3.63) is 123 Å². The number of fused-ring (bicyclic) bond motifs is 4. The van der Waals surface area contributed by atoms with Crippen LogP contribution >= 0.6 is 11.6 Å². The molecule has 41 heavy (non-hydrogen) atoms. The van der Waals surface area contributed by atoms with Gasteiger partial charge in [0, 0.05) is 60.1 Å². The van der Waals surface area contributed by atoms with E-state index in [1.54, 1.807) is 42.5 Å². The number of hydrogen-bond donors (Lipinski definition) is 3. The van der Waals surface area contributed by atoms with Crippen molar-refractivity contribution in [3.63, 3.8) is 0 Å². The maximum absolute atomic E-state index is 13.1. The summed E-state index contributed by atoms with van der Waals surface area (Å²) in [4.78, 5) is 40.9. The van der Waals surface area contributed by atoms with Gasteiger partial charge in [-0.25, -0.2) is 4.79 Å². The summed E-state index contributed by atoms with van der Waals surface area (Å²) in [6.07, 6.45) is 1.01. The first kappa shape index (κ1) is 26.7. The maximum atomic E-state index is 13.1. The Balaban J connectivity index is 1.26. The number of hydrogen-bond acceptors (Lipinski definition) is 4. The van der Waals surface area contributed by atoms with Crippen LogP contribution < -0.4 is 26.4 Å².